The van der Waals surface area contributed by atoms with Crippen molar-refractivity contribution in [3.05, 3.63) is 52.0 Å². The van der Waals surface area contributed by atoms with Gasteiger partial charge in [-0.2, -0.15) is 0 Å². The maximum Gasteiger partial charge on any atom is 0.271 e. The standard InChI is InChI=1S/C14H17N3OS/c1-9(15)14-17-12(8-19-14)13(18)16-10(2)11-6-4-3-5-7-11/h3-10H,15H2,1-2H3,(H,16,18). The van der Waals surface area contributed by atoms with Gasteiger partial charge in [-0.25, -0.2) is 4.98 Å². The average molecular weight is 275 g/mol. The van der Waals surface area contributed by atoms with Crippen molar-refractivity contribution < 1.29 is 4.79 Å². The van der Waals surface area contributed by atoms with Crippen LogP contribution in [-0.2, 0) is 0 Å². The molecule has 1 aromatic carbocycles. The van der Waals surface area contributed by atoms with Crippen LogP contribution in [0.15, 0.2) is 35.7 Å². The second-order valence-electron chi connectivity index (χ2n) is 4.47. The molecule has 0 saturated carbocycles. The molecule has 0 spiro atoms. The fraction of sp³-hybridized carbons (Fsp3) is 0.286. The Morgan fingerprint density at radius 3 is 2.58 bits per heavy atom. The van der Waals surface area contributed by atoms with Gasteiger partial charge in [0.25, 0.3) is 5.91 Å². The minimum absolute atomic E-state index is 0.0471. The molecule has 19 heavy (non-hydrogen) atoms. The summed E-state index contributed by atoms with van der Waals surface area (Å²) >= 11 is 1.41. The second kappa shape index (κ2) is 5.95. The van der Waals surface area contributed by atoms with Gasteiger partial charge in [0, 0.05) is 5.38 Å². The van der Waals surface area contributed by atoms with E-state index in [1.807, 2.05) is 44.2 Å². The van der Waals surface area contributed by atoms with Crippen LogP contribution < -0.4 is 11.1 Å². The van der Waals surface area contributed by atoms with Crippen molar-refractivity contribution in [2.45, 2.75) is 25.9 Å². The van der Waals surface area contributed by atoms with E-state index in [1.165, 1.54) is 11.3 Å². The fourth-order valence-electron chi connectivity index (χ4n) is 1.70. The molecule has 0 bridgehead atoms. The summed E-state index contributed by atoms with van der Waals surface area (Å²) in [5, 5.41) is 5.45. The van der Waals surface area contributed by atoms with Crippen LogP contribution in [0.5, 0.6) is 0 Å². The van der Waals surface area contributed by atoms with Gasteiger partial charge in [-0.05, 0) is 19.4 Å². The van der Waals surface area contributed by atoms with Crippen LogP contribution in [0, 0.1) is 0 Å². The Bertz CT molecular complexity index is 551. The summed E-state index contributed by atoms with van der Waals surface area (Å²) in [5.74, 6) is -0.167. The van der Waals surface area contributed by atoms with Gasteiger partial charge >= 0.3 is 0 Å². The number of benzene rings is 1. The molecule has 1 amide bonds. The number of carbonyl (C=O) groups is 1. The Morgan fingerprint density at radius 1 is 1.32 bits per heavy atom. The van der Waals surface area contributed by atoms with E-state index in [-0.39, 0.29) is 18.0 Å². The lowest BCUT2D eigenvalue weighted by atomic mass is 10.1. The zero-order valence-electron chi connectivity index (χ0n) is 11.0. The lowest BCUT2D eigenvalue weighted by molar-refractivity contribution is 0.0935. The van der Waals surface area contributed by atoms with Gasteiger partial charge in [-0.15, -0.1) is 11.3 Å². The predicted molar refractivity (Wildman–Crippen MR) is 77.0 cm³/mol. The highest BCUT2D eigenvalue weighted by Crippen LogP contribution is 2.17. The molecule has 3 N–H and O–H groups in total. The smallest absolute Gasteiger partial charge is 0.271 e. The van der Waals surface area contributed by atoms with Crippen LogP contribution in [0.4, 0.5) is 0 Å². The Labute approximate surface area is 116 Å². The first kappa shape index (κ1) is 13.7. The van der Waals surface area contributed by atoms with Crippen molar-refractivity contribution in [2.24, 2.45) is 5.73 Å². The fourth-order valence-corrected chi connectivity index (χ4v) is 2.45. The molecule has 0 aliphatic carbocycles. The van der Waals surface area contributed by atoms with Crippen molar-refractivity contribution >= 4 is 17.2 Å². The first-order chi connectivity index (χ1) is 9.08. The number of hydrogen-bond donors (Lipinski definition) is 2. The van der Waals surface area contributed by atoms with Crippen molar-refractivity contribution in [1.82, 2.24) is 10.3 Å². The lowest BCUT2D eigenvalue weighted by Gasteiger charge is -2.13. The molecule has 2 atom stereocenters. The second-order valence-corrected chi connectivity index (χ2v) is 5.36. The average Bonchev–Trinajstić information content (AvgIpc) is 2.89. The highest BCUT2D eigenvalue weighted by Gasteiger charge is 2.15. The molecule has 2 unspecified atom stereocenters. The van der Waals surface area contributed by atoms with Crippen molar-refractivity contribution in [2.75, 3.05) is 0 Å². The molecule has 0 saturated heterocycles. The molecule has 0 radical (unpaired) electrons. The van der Waals surface area contributed by atoms with Crippen LogP contribution in [0.1, 0.15) is 47.0 Å². The zero-order valence-corrected chi connectivity index (χ0v) is 11.8. The Balaban J connectivity index is 2.04. The quantitative estimate of drug-likeness (QED) is 0.901. The number of carbonyl (C=O) groups excluding carboxylic acids is 1. The first-order valence-electron chi connectivity index (χ1n) is 6.14. The van der Waals surface area contributed by atoms with Crippen LogP contribution >= 0.6 is 11.3 Å². The van der Waals surface area contributed by atoms with E-state index in [0.717, 1.165) is 10.6 Å². The van der Waals surface area contributed by atoms with Gasteiger partial charge in [0.05, 0.1) is 12.1 Å². The summed E-state index contributed by atoms with van der Waals surface area (Å²) in [4.78, 5) is 16.3. The third kappa shape index (κ3) is 3.39. The molecule has 100 valence electrons. The predicted octanol–water partition coefficient (Wildman–Crippen LogP) is 2.65. The van der Waals surface area contributed by atoms with Gasteiger partial charge < -0.3 is 11.1 Å². The number of aromatic nitrogens is 1. The van der Waals surface area contributed by atoms with Crippen LogP contribution in [0.25, 0.3) is 0 Å². The number of nitrogens with one attached hydrogen (secondary N) is 1. The Morgan fingerprint density at radius 2 is 2.00 bits per heavy atom. The van der Waals surface area contributed by atoms with Crippen molar-refractivity contribution in [1.29, 1.82) is 0 Å². The van der Waals surface area contributed by atoms with Crippen LogP contribution in [-0.4, -0.2) is 10.9 Å². The van der Waals surface area contributed by atoms with Crippen LogP contribution in [0.2, 0.25) is 0 Å². The van der Waals surface area contributed by atoms with E-state index in [0.29, 0.717) is 5.69 Å². The molecule has 2 rings (SSSR count). The molecule has 1 heterocycles. The molecule has 0 fully saturated rings. The third-order valence-electron chi connectivity index (χ3n) is 2.79. The summed E-state index contributed by atoms with van der Waals surface area (Å²) in [5.41, 5.74) is 7.23. The van der Waals surface area contributed by atoms with E-state index in [1.54, 1.807) is 5.38 Å². The van der Waals surface area contributed by atoms with E-state index >= 15 is 0 Å². The van der Waals surface area contributed by atoms with E-state index in [2.05, 4.69) is 10.3 Å². The molecular weight excluding hydrogens is 258 g/mol. The zero-order chi connectivity index (χ0) is 13.8. The normalized spacial score (nSPS) is 13.8. The maximum absolute atomic E-state index is 12.1. The Kier molecular flexibility index (Phi) is 4.29. The number of nitrogens with two attached hydrogens (primary N) is 1. The molecule has 2 aromatic rings. The molecule has 5 heteroatoms. The molecular formula is C14H17N3OS. The largest absolute Gasteiger partial charge is 0.344 e. The minimum Gasteiger partial charge on any atom is -0.344 e. The van der Waals surface area contributed by atoms with Gasteiger partial charge in [0.1, 0.15) is 10.7 Å². The summed E-state index contributed by atoms with van der Waals surface area (Å²) < 4.78 is 0. The monoisotopic (exact) mass is 275 g/mol. The lowest BCUT2D eigenvalue weighted by Crippen LogP contribution is -2.27. The highest BCUT2D eigenvalue weighted by molar-refractivity contribution is 7.09. The minimum atomic E-state index is -0.167. The van der Waals surface area contributed by atoms with Gasteiger partial charge in [0.15, 0.2) is 0 Å². The summed E-state index contributed by atoms with van der Waals surface area (Å²) in [6, 6.07) is 9.64. The van der Waals surface area contributed by atoms with Crippen molar-refractivity contribution in [3.63, 3.8) is 0 Å². The summed E-state index contributed by atoms with van der Waals surface area (Å²) in [7, 11) is 0. The van der Waals surface area contributed by atoms with Gasteiger partial charge in [-0.3, -0.25) is 4.79 Å². The highest BCUT2D eigenvalue weighted by atomic mass is 32.1. The third-order valence-corrected chi connectivity index (χ3v) is 3.84. The van der Waals surface area contributed by atoms with Crippen molar-refractivity contribution in [3.8, 4) is 0 Å². The van der Waals surface area contributed by atoms with Crippen LogP contribution in [0.3, 0.4) is 0 Å². The number of thiazole rings is 1. The Hall–Kier alpha value is -1.72. The first-order valence-corrected chi connectivity index (χ1v) is 7.02. The number of nitrogens with zero attached hydrogens (tertiary/aromatic N) is 1. The van der Waals surface area contributed by atoms with E-state index in [4.69, 9.17) is 5.73 Å². The summed E-state index contributed by atoms with van der Waals surface area (Å²) in [6.45, 7) is 3.80. The van der Waals surface area contributed by atoms with E-state index < -0.39 is 0 Å². The molecule has 4 nitrogen and oxygen atoms in total. The molecule has 1 aromatic heterocycles. The SMILES string of the molecule is CC(N)c1nc(C(=O)NC(C)c2ccccc2)cs1. The summed E-state index contributed by atoms with van der Waals surface area (Å²) in [6.07, 6.45) is 0. The molecule has 0 aliphatic heterocycles. The molecule has 0 aliphatic rings. The van der Waals surface area contributed by atoms with Gasteiger partial charge in [0.2, 0.25) is 0 Å². The number of hydrogen-bond acceptors (Lipinski definition) is 4. The topological polar surface area (TPSA) is 68.0 Å². The number of amides is 1. The van der Waals surface area contributed by atoms with E-state index in [9.17, 15) is 4.79 Å². The maximum atomic E-state index is 12.1. The number of rotatable bonds is 4. The van der Waals surface area contributed by atoms with Gasteiger partial charge in [-0.1, -0.05) is 30.3 Å².